The number of amides is 1. The fraction of sp³-hybridized carbons (Fsp3) is 0.706. The van der Waals surface area contributed by atoms with E-state index in [1.165, 1.54) is 0 Å². The third-order valence-corrected chi connectivity index (χ3v) is 5.45. The lowest BCUT2D eigenvalue weighted by Gasteiger charge is -2.39. The van der Waals surface area contributed by atoms with Crippen molar-refractivity contribution in [2.75, 3.05) is 31.6 Å². The third-order valence-electron chi connectivity index (χ3n) is 5.45. The van der Waals surface area contributed by atoms with Gasteiger partial charge in [-0.1, -0.05) is 6.42 Å². The van der Waals surface area contributed by atoms with Crippen molar-refractivity contribution in [2.45, 2.75) is 38.1 Å². The predicted molar refractivity (Wildman–Crippen MR) is 89.9 cm³/mol. The number of hydrogen-bond acceptors (Lipinski definition) is 5. The number of piperidine rings is 1. The van der Waals surface area contributed by atoms with Gasteiger partial charge in [0.25, 0.3) is 0 Å². The van der Waals surface area contributed by atoms with Gasteiger partial charge in [-0.25, -0.2) is 0 Å². The summed E-state index contributed by atoms with van der Waals surface area (Å²) in [7, 11) is 1.96. The standard InChI is InChI=1S/C17H27N5O/c1-21(17(23)15-7-2-5-13(15)11-18)14-6-4-10-22(12-14)16-8-3-9-19-20-16/h3,8-9,13-15H,2,4-7,10-12,18H2,1H3/t13-,14?,15-/m1/s1. The highest BCUT2D eigenvalue weighted by molar-refractivity contribution is 5.79. The molecule has 2 heterocycles. The highest BCUT2D eigenvalue weighted by Gasteiger charge is 2.36. The zero-order valence-electron chi connectivity index (χ0n) is 13.9. The van der Waals surface area contributed by atoms with Gasteiger partial charge in [0.15, 0.2) is 5.82 Å². The molecule has 1 saturated carbocycles. The summed E-state index contributed by atoms with van der Waals surface area (Å²) in [5, 5.41) is 8.16. The number of carbonyl (C=O) groups excluding carboxylic acids is 1. The fourth-order valence-electron chi connectivity index (χ4n) is 4.03. The number of likely N-dealkylation sites (N-methyl/N-ethyl adjacent to an activating group) is 1. The van der Waals surface area contributed by atoms with E-state index in [2.05, 4.69) is 15.1 Å². The molecule has 1 amide bonds. The molecule has 1 aromatic heterocycles. The van der Waals surface area contributed by atoms with Crippen LogP contribution in [0.4, 0.5) is 5.82 Å². The lowest BCUT2D eigenvalue weighted by atomic mass is 9.93. The zero-order valence-corrected chi connectivity index (χ0v) is 13.9. The van der Waals surface area contributed by atoms with E-state index in [1.807, 2.05) is 24.1 Å². The number of aromatic nitrogens is 2. The SMILES string of the molecule is CN(C(=O)[C@@H]1CCC[C@@H]1CN)C1CCCN(c2cccnn2)C1. The Labute approximate surface area is 138 Å². The molecule has 1 aromatic rings. The second kappa shape index (κ2) is 7.25. The van der Waals surface area contributed by atoms with Crippen LogP contribution in [-0.4, -0.2) is 53.7 Å². The molecule has 6 nitrogen and oxygen atoms in total. The van der Waals surface area contributed by atoms with Crippen LogP contribution in [-0.2, 0) is 4.79 Å². The summed E-state index contributed by atoms with van der Waals surface area (Å²) < 4.78 is 0. The smallest absolute Gasteiger partial charge is 0.226 e. The van der Waals surface area contributed by atoms with Crippen molar-refractivity contribution in [3.05, 3.63) is 18.3 Å². The van der Waals surface area contributed by atoms with E-state index in [4.69, 9.17) is 5.73 Å². The molecule has 6 heteroatoms. The fourth-order valence-corrected chi connectivity index (χ4v) is 4.03. The molecular weight excluding hydrogens is 290 g/mol. The minimum Gasteiger partial charge on any atom is -0.353 e. The van der Waals surface area contributed by atoms with Crippen LogP contribution in [0.3, 0.4) is 0 Å². The van der Waals surface area contributed by atoms with Gasteiger partial charge in [-0.2, -0.15) is 5.10 Å². The predicted octanol–water partition coefficient (Wildman–Crippen LogP) is 1.28. The van der Waals surface area contributed by atoms with Crippen molar-refractivity contribution in [3.63, 3.8) is 0 Å². The maximum atomic E-state index is 12.9. The molecule has 2 fully saturated rings. The normalized spacial score (nSPS) is 27.9. The van der Waals surface area contributed by atoms with Crippen LogP contribution in [0.1, 0.15) is 32.1 Å². The molecule has 3 rings (SSSR count). The molecule has 2 aliphatic rings. The van der Waals surface area contributed by atoms with Gasteiger partial charge < -0.3 is 15.5 Å². The monoisotopic (exact) mass is 317 g/mol. The molecule has 0 bridgehead atoms. The lowest BCUT2D eigenvalue weighted by molar-refractivity contribution is -0.137. The maximum absolute atomic E-state index is 12.9. The van der Waals surface area contributed by atoms with Crippen LogP contribution in [0.2, 0.25) is 0 Å². The van der Waals surface area contributed by atoms with Crippen LogP contribution >= 0.6 is 0 Å². The number of nitrogens with zero attached hydrogens (tertiary/aromatic N) is 4. The number of rotatable bonds is 4. The zero-order chi connectivity index (χ0) is 16.2. The third kappa shape index (κ3) is 3.47. The maximum Gasteiger partial charge on any atom is 0.226 e. The Morgan fingerprint density at radius 2 is 2.26 bits per heavy atom. The molecule has 1 aliphatic carbocycles. The first-order valence-electron chi connectivity index (χ1n) is 8.70. The molecule has 1 aliphatic heterocycles. The minimum atomic E-state index is 0.122. The van der Waals surface area contributed by atoms with Crippen LogP contribution in [0.5, 0.6) is 0 Å². The Balaban J connectivity index is 1.65. The van der Waals surface area contributed by atoms with Gasteiger partial charge in [-0.3, -0.25) is 4.79 Å². The lowest BCUT2D eigenvalue weighted by Crippen LogP contribution is -2.51. The van der Waals surface area contributed by atoms with Gasteiger partial charge in [-0.15, -0.1) is 5.10 Å². The summed E-state index contributed by atoms with van der Waals surface area (Å²) in [6.07, 6.45) is 7.03. The summed E-state index contributed by atoms with van der Waals surface area (Å²) in [6, 6.07) is 4.14. The minimum absolute atomic E-state index is 0.122. The summed E-state index contributed by atoms with van der Waals surface area (Å²) in [6.45, 7) is 2.44. The first-order valence-corrected chi connectivity index (χ1v) is 8.70. The summed E-state index contributed by atoms with van der Waals surface area (Å²) in [4.78, 5) is 17.1. The summed E-state index contributed by atoms with van der Waals surface area (Å²) >= 11 is 0. The van der Waals surface area contributed by atoms with Crippen LogP contribution in [0.15, 0.2) is 18.3 Å². The van der Waals surface area contributed by atoms with Crippen molar-refractivity contribution in [3.8, 4) is 0 Å². The summed E-state index contributed by atoms with van der Waals surface area (Å²) in [5.41, 5.74) is 5.84. The first kappa shape index (κ1) is 16.2. The number of anilines is 1. The molecule has 1 unspecified atom stereocenters. The van der Waals surface area contributed by atoms with E-state index < -0.39 is 0 Å². The van der Waals surface area contributed by atoms with Gasteiger partial charge in [-0.05, 0) is 50.3 Å². The quantitative estimate of drug-likeness (QED) is 0.905. The number of carbonyl (C=O) groups is 1. The summed E-state index contributed by atoms with van der Waals surface area (Å²) in [5.74, 6) is 1.67. The molecule has 0 spiro atoms. The Morgan fingerprint density at radius 3 is 3.00 bits per heavy atom. The van der Waals surface area contributed by atoms with E-state index in [-0.39, 0.29) is 17.9 Å². The van der Waals surface area contributed by atoms with Gasteiger partial charge in [0.05, 0.1) is 0 Å². The van der Waals surface area contributed by atoms with Crippen molar-refractivity contribution in [2.24, 2.45) is 17.6 Å². The topological polar surface area (TPSA) is 75.3 Å². The second-order valence-corrected chi connectivity index (χ2v) is 6.81. The van der Waals surface area contributed by atoms with Crippen LogP contribution < -0.4 is 10.6 Å². The van der Waals surface area contributed by atoms with Gasteiger partial charge in [0, 0.05) is 38.3 Å². The average Bonchev–Trinajstić information content (AvgIpc) is 3.10. The van der Waals surface area contributed by atoms with E-state index >= 15 is 0 Å². The Bertz CT molecular complexity index is 523. The van der Waals surface area contributed by atoms with Crippen molar-refractivity contribution < 1.29 is 4.79 Å². The molecular formula is C17H27N5O. The number of hydrogen-bond donors (Lipinski definition) is 1. The molecule has 0 radical (unpaired) electrons. The van der Waals surface area contributed by atoms with E-state index in [1.54, 1.807) is 6.20 Å². The van der Waals surface area contributed by atoms with Crippen molar-refractivity contribution in [1.82, 2.24) is 15.1 Å². The van der Waals surface area contributed by atoms with Gasteiger partial charge >= 0.3 is 0 Å². The molecule has 0 aromatic carbocycles. The van der Waals surface area contributed by atoms with Crippen molar-refractivity contribution in [1.29, 1.82) is 0 Å². The molecule has 2 N–H and O–H groups in total. The van der Waals surface area contributed by atoms with E-state index in [0.29, 0.717) is 12.5 Å². The van der Waals surface area contributed by atoms with Crippen LogP contribution in [0.25, 0.3) is 0 Å². The average molecular weight is 317 g/mol. The Morgan fingerprint density at radius 1 is 1.39 bits per heavy atom. The highest BCUT2D eigenvalue weighted by atomic mass is 16.2. The van der Waals surface area contributed by atoms with E-state index in [9.17, 15) is 4.79 Å². The molecule has 126 valence electrons. The van der Waals surface area contributed by atoms with Gasteiger partial charge in [0.2, 0.25) is 5.91 Å². The van der Waals surface area contributed by atoms with Gasteiger partial charge in [0.1, 0.15) is 0 Å². The molecule has 3 atom stereocenters. The second-order valence-electron chi connectivity index (χ2n) is 6.81. The van der Waals surface area contributed by atoms with E-state index in [0.717, 1.165) is 51.0 Å². The Kier molecular flexibility index (Phi) is 5.10. The Hall–Kier alpha value is -1.69. The largest absolute Gasteiger partial charge is 0.353 e. The molecule has 23 heavy (non-hydrogen) atoms. The number of nitrogens with two attached hydrogens (primary N) is 1. The molecule has 1 saturated heterocycles. The van der Waals surface area contributed by atoms with Crippen LogP contribution in [0, 0.1) is 11.8 Å². The highest BCUT2D eigenvalue weighted by Crippen LogP contribution is 2.33. The first-order chi connectivity index (χ1) is 11.2. The van der Waals surface area contributed by atoms with Crippen molar-refractivity contribution >= 4 is 11.7 Å².